The van der Waals surface area contributed by atoms with Gasteiger partial charge in [0.2, 0.25) is 6.29 Å². The van der Waals surface area contributed by atoms with Crippen molar-refractivity contribution in [2.24, 2.45) is 21.9 Å². The monoisotopic (exact) mass is 128 g/mol. The Morgan fingerprint density at radius 2 is 2.44 bits per heavy atom. The number of hydrogen-bond acceptors (Lipinski definition) is 6. The molecule has 9 heavy (non-hydrogen) atoms. The molecule has 0 saturated carbocycles. The lowest BCUT2D eigenvalue weighted by Gasteiger charge is -2.21. The van der Waals surface area contributed by atoms with Gasteiger partial charge in [-0.25, -0.2) is 11.3 Å². The van der Waals surface area contributed by atoms with E-state index >= 15 is 0 Å². The molecule has 1 aliphatic rings. The predicted molar refractivity (Wildman–Crippen MR) is 31.1 cm³/mol. The average molecular weight is 128 g/mol. The van der Waals surface area contributed by atoms with Crippen LogP contribution in [0.4, 0.5) is 0 Å². The summed E-state index contributed by atoms with van der Waals surface area (Å²) in [5.74, 6) is 10.4. The van der Waals surface area contributed by atoms with Crippen molar-refractivity contribution in [1.82, 2.24) is 10.4 Å². The van der Waals surface area contributed by atoms with Crippen LogP contribution in [-0.2, 0) is 0 Å². The smallest absolute Gasteiger partial charge is 0.221 e. The highest BCUT2D eigenvalue weighted by Crippen LogP contribution is 1.98. The third kappa shape index (κ3) is 1.22. The second-order valence-corrected chi connectivity index (χ2v) is 1.52. The van der Waals surface area contributed by atoms with Crippen molar-refractivity contribution in [2.75, 3.05) is 0 Å². The van der Waals surface area contributed by atoms with Gasteiger partial charge in [-0.1, -0.05) is 0 Å². The summed E-state index contributed by atoms with van der Waals surface area (Å²) in [6.45, 7) is 0. The molecule has 0 spiro atoms. The van der Waals surface area contributed by atoms with Gasteiger partial charge in [0.25, 0.3) is 0 Å². The SMILES string of the molecule is NNC1N=NC=CN1N. The summed E-state index contributed by atoms with van der Waals surface area (Å²) in [6, 6.07) is 0. The maximum atomic E-state index is 5.34. The number of nitrogens with two attached hydrogens (primary N) is 2. The van der Waals surface area contributed by atoms with Crippen molar-refractivity contribution in [3.63, 3.8) is 0 Å². The largest absolute Gasteiger partial charge is 0.277 e. The van der Waals surface area contributed by atoms with E-state index in [2.05, 4.69) is 15.7 Å². The highest BCUT2D eigenvalue weighted by Gasteiger charge is 2.09. The number of hydrazine groups is 2. The van der Waals surface area contributed by atoms with Gasteiger partial charge >= 0.3 is 0 Å². The molecule has 1 aliphatic heterocycles. The van der Waals surface area contributed by atoms with E-state index < -0.39 is 6.29 Å². The molecule has 0 amide bonds. The molecule has 5 N–H and O–H groups in total. The molecule has 0 aliphatic carbocycles. The molecule has 0 bridgehead atoms. The Morgan fingerprint density at radius 1 is 1.67 bits per heavy atom. The van der Waals surface area contributed by atoms with Crippen molar-refractivity contribution < 1.29 is 0 Å². The molecule has 6 heteroatoms. The van der Waals surface area contributed by atoms with Crippen LogP contribution in [0.1, 0.15) is 0 Å². The van der Waals surface area contributed by atoms with Crippen molar-refractivity contribution in [3.8, 4) is 0 Å². The molecule has 0 radical (unpaired) electrons. The highest BCUT2D eigenvalue weighted by molar-refractivity contribution is 4.82. The minimum Gasteiger partial charge on any atom is -0.277 e. The predicted octanol–water partition coefficient (Wildman–Crippen LogP) is -1.15. The minimum atomic E-state index is -0.435. The zero-order valence-corrected chi connectivity index (χ0v) is 4.73. The lowest BCUT2D eigenvalue weighted by Crippen LogP contribution is -2.48. The van der Waals surface area contributed by atoms with E-state index in [0.29, 0.717) is 0 Å². The number of azo groups is 1. The number of hydrogen-bond donors (Lipinski definition) is 3. The fourth-order valence-corrected chi connectivity index (χ4v) is 0.469. The third-order valence-electron chi connectivity index (χ3n) is 0.913. The van der Waals surface area contributed by atoms with Gasteiger partial charge in [0.05, 0.1) is 6.20 Å². The number of nitrogens with zero attached hydrogens (tertiary/aromatic N) is 3. The summed E-state index contributed by atoms with van der Waals surface area (Å²) in [5.41, 5.74) is 2.34. The lowest BCUT2D eigenvalue weighted by molar-refractivity contribution is 0.231. The molecule has 0 aromatic rings. The Hall–Kier alpha value is -0.980. The van der Waals surface area contributed by atoms with E-state index in [-0.39, 0.29) is 0 Å². The molecule has 0 fully saturated rings. The van der Waals surface area contributed by atoms with Gasteiger partial charge in [0, 0.05) is 6.20 Å². The van der Waals surface area contributed by atoms with Gasteiger partial charge in [-0.2, -0.15) is 5.11 Å². The molecule has 6 nitrogen and oxygen atoms in total. The summed E-state index contributed by atoms with van der Waals surface area (Å²) in [5, 5.41) is 8.50. The molecule has 1 rings (SSSR count). The Labute approximate surface area is 52.2 Å². The van der Waals surface area contributed by atoms with E-state index in [0.717, 1.165) is 0 Å². The number of nitrogens with one attached hydrogen (secondary N) is 1. The van der Waals surface area contributed by atoms with E-state index in [1.165, 1.54) is 11.2 Å². The van der Waals surface area contributed by atoms with Gasteiger partial charge in [-0.05, 0) is 0 Å². The second kappa shape index (κ2) is 2.53. The molecule has 0 saturated heterocycles. The quantitative estimate of drug-likeness (QED) is 0.307. The Balaban J connectivity index is 2.55. The van der Waals surface area contributed by atoms with Gasteiger partial charge in [0.15, 0.2) is 0 Å². The van der Waals surface area contributed by atoms with Crippen molar-refractivity contribution in [3.05, 3.63) is 12.4 Å². The van der Waals surface area contributed by atoms with Crippen LogP contribution >= 0.6 is 0 Å². The Morgan fingerprint density at radius 3 is 2.89 bits per heavy atom. The van der Waals surface area contributed by atoms with Crippen LogP contribution in [0.25, 0.3) is 0 Å². The molecule has 1 atom stereocenters. The van der Waals surface area contributed by atoms with Crippen LogP contribution in [0.3, 0.4) is 0 Å². The van der Waals surface area contributed by atoms with Gasteiger partial charge in [-0.15, -0.1) is 5.11 Å². The zero-order valence-electron chi connectivity index (χ0n) is 4.73. The van der Waals surface area contributed by atoms with Crippen LogP contribution < -0.4 is 17.1 Å². The first-order chi connectivity index (χ1) is 4.34. The van der Waals surface area contributed by atoms with Crippen LogP contribution in [-0.4, -0.2) is 11.3 Å². The van der Waals surface area contributed by atoms with Crippen LogP contribution in [0.5, 0.6) is 0 Å². The van der Waals surface area contributed by atoms with Crippen molar-refractivity contribution in [2.45, 2.75) is 6.29 Å². The third-order valence-corrected chi connectivity index (χ3v) is 0.913. The summed E-state index contributed by atoms with van der Waals surface area (Å²) >= 11 is 0. The Bertz CT molecular complexity index is 139. The van der Waals surface area contributed by atoms with Crippen LogP contribution in [0.2, 0.25) is 0 Å². The second-order valence-electron chi connectivity index (χ2n) is 1.52. The lowest BCUT2D eigenvalue weighted by atomic mass is 10.7. The molecule has 1 unspecified atom stereocenters. The minimum absolute atomic E-state index is 0.435. The molecular formula is C3H8N6. The molecule has 0 aromatic carbocycles. The van der Waals surface area contributed by atoms with Crippen molar-refractivity contribution in [1.29, 1.82) is 0 Å². The van der Waals surface area contributed by atoms with E-state index in [4.69, 9.17) is 11.7 Å². The first kappa shape index (κ1) is 6.14. The maximum absolute atomic E-state index is 5.34. The average Bonchev–Trinajstić information content (AvgIpc) is 1.89. The Kier molecular flexibility index (Phi) is 1.73. The first-order valence-corrected chi connectivity index (χ1v) is 2.40. The normalized spacial score (nSPS) is 25.1. The standard InChI is InChI=1S/C3H8N6/c4-7-3-8-6-1-2-9(3)5/h1-3,7H,4-5H2. The maximum Gasteiger partial charge on any atom is 0.221 e. The summed E-state index contributed by atoms with van der Waals surface area (Å²) in [4.78, 5) is 0. The highest BCUT2D eigenvalue weighted by atomic mass is 15.6. The topological polar surface area (TPSA) is 92.0 Å². The molecule has 1 heterocycles. The van der Waals surface area contributed by atoms with Gasteiger partial charge in [-0.3, -0.25) is 10.9 Å². The molecular weight excluding hydrogens is 120 g/mol. The van der Waals surface area contributed by atoms with Crippen molar-refractivity contribution >= 4 is 0 Å². The summed E-state index contributed by atoms with van der Waals surface area (Å²) in [7, 11) is 0. The van der Waals surface area contributed by atoms with Crippen LogP contribution in [0, 0.1) is 0 Å². The zero-order chi connectivity index (χ0) is 6.69. The summed E-state index contributed by atoms with van der Waals surface area (Å²) < 4.78 is 0. The number of rotatable bonds is 1. The molecule has 0 aromatic heterocycles. The molecule has 50 valence electrons. The first-order valence-electron chi connectivity index (χ1n) is 2.40. The van der Waals surface area contributed by atoms with Gasteiger partial charge < -0.3 is 0 Å². The fourth-order valence-electron chi connectivity index (χ4n) is 0.469. The fraction of sp³-hybridized carbons (Fsp3) is 0.333. The van der Waals surface area contributed by atoms with Gasteiger partial charge in [0.1, 0.15) is 0 Å². The summed E-state index contributed by atoms with van der Waals surface area (Å²) in [6.07, 6.45) is 2.61. The van der Waals surface area contributed by atoms with Crippen LogP contribution in [0.15, 0.2) is 22.6 Å². The van der Waals surface area contributed by atoms with E-state index in [9.17, 15) is 0 Å². The van der Waals surface area contributed by atoms with E-state index in [1.807, 2.05) is 0 Å². The van der Waals surface area contributed by atoms with E-state index in [1.54, 1.807) is 6.20 Å².